The molecule has 11 heteroatoms. The van der Waals surface area contributed by atoms with E-state index in [0.717, 1.165) is 24.0 Å². The fraction of sp³-hybridized carbons (Fsp3) is 0.583. The first-order valence-corrected chi connectivity index (χ1v) is 12.8. The molecule has 10 nitrogen and oxygen atoms in total. The first kappa shape index (κ1) is 28.7. The van der Waals surface area contributed by atoms with E-state index in [1.165, 1.54) is 6.20 Å². The average molecular weight is 554 g/mol. The molecule has 1 aromatic carbocycles. The van der Waals surface area contributed by atoms with E-state index in [-0.39, 0.29) is 17.8 Å². The summed E-state index contributed by atoms with van der Waals surface area (Å²) >= 11 is 3.40. The number of nitrogens with one attached hydrogen (secondary N) is 2. The first-order chi connectivity index (χ1) is 16.5. The van der Waals surface area contributed by atoms with Crippen LogP contribution in [0.4, 0.5) is 16.2 Å². The van der Waals surface area contributed by atoms with Crippen molar-refractivity contribution in [3.63, 3.8) is 0 Å². The number of hydrogen-bond acceptors (Lipinski definition) is 8. The van der Waals surface area contributed by atoms with Crippen LogP contribution in [0.25, 0.3) is 10.9 Å². The van der Waals surface area contributed by atoms with Gasteiger partial charge in [0.05, 0.1) is 10.4 Å². The van der Waals surface area contributed by atoms with Crippen molar-refractivity contribution in [2.45, 2.75) is 65.1 Å². The Morgan fingerprint density at radius 3 is 2.60 bits per heavy atom. The van der Waals surface area contributed by atoms with Gasteiger partial charge in [-0.1, -0.05) is 29.8 Å². The second-order valence-corrected chi connectivity index (χ2v) is 10.2. The summed E-state index contributed by atoms with van der Waals surface area (Å²) < 4.78 is 6.21. The molecule has 0 spiro atoms. The summed E-state index contributed by atoms with van der Waals surface area (Å²) in [7, 11) is 0. The molecule has 0 bridgehead atoms. The lowest BCUT2D eigenvalue weighted by molar-refractivity contribution is -0.384. The van der Waals surface area contributed by atoms with Gasteiger partial charge in [-0.05, 0) is 58.4 Å². The summed E-state index contributed by atoms with van der Waals surface area (Å²) in [6, 6.07) is 5.77. The van der Waals surface area contributed by atoms with E-state index in [1.807, 2.05) is 40.7 Å². The zero-order valence-electron chi connectivity index (χ0n) is 21.1. The molecule has 3 heterocycles. The summed E-state index contributed by atoms with van der Waals surface area (Å²) in [6.45, 7) is 12.5. The predicted octanol–water partition coefficient (Wildman–Crippen LogP) is 4.66. The highest BCUT2D eigenvalue weighted by Gasteiger charge is 2.31. The third kappa shape index (κ3) is 8.59. The highest BCUT2D eigenvalue weighted by molar-refractivity contribution is 9.10. The Kier molecular flexibility index (Phi) is 10.7. The Morgan fingerprint density at radius 1 is 1.34 bits per heavy atom. The van der Waals surface area contributed by atoms with Crippen molar-refractivity contribution in [1.82, 2.24) is 15.2 Å². The number of benzene rings is 1. The minimum absolute atomic E-state index is 0.0867. The molecule has 2 aliphatic heterocycles. The van der Waals surface area contributed by atoms with Crippen LogP contribution >= 0.6 is 15.9 Å². The number of nitrogens with two attached hydrogens (primary N) is 1. The molecule has 0 aliphatic carbocycles. The van der Waals surface area contributed by atoms with E-state index in [4.69, 9.17) is 10.5 Å². The molecule has 1 unspecified atom stereocenters. The van der Waals surface area contributed by atoms with Crippen LogP contribution < -0.4 is 16.4 Å². The smallest absolute Gasteiger partial charge is 0.410 e. The Hall–Kier alpha value is -2.50. The number of carbonyl (C=O) groups is 1. The number of rotatable bonds is 3. The van der Waals surface area contributed by atoms with Gasteiger partial charge in [-0.3, -0.25) is 10.1 Å². The molecule has 1 amide bonds. The standard InChI is InChI=1S/C18H21BrN4O4.C4H10N2.C2H6/c1-18(2,3)27-17(24)22-7-6-12(10-22)21-16-13-8-11(19)4-5-14(13)20-9-15(16)23(25)26;5-4-1-2-6-3-4;1-2/h4-5,8-9,12H,6-7,10H2,1-3H3,(H,20,21);4,6H,1-3,5H2;1-2H3/t;4-;/m.0./s1. The fourth-order valence-electron chi connectivity index (χ4n) is 3.70. The van der Waals surface area contributed by atoms with Crippen LogP contribution in [-0.4, -0.2) is 64.8 Å². The lowest BCUT2D eigenvalue weighted by Crippen LogP contribution is -2.36. The van der Waals surface area contributed by atoms with Gasteiger partial charge in [0.1, 0.15) is 17.5 Å². The predicted molar refractivity (Wildman–Crippen MR) is 143 cm³/mol. The van der Waals surface area contributed by atoms with Crippen LogP contribution in [0.5, 0.6) is 0 Å². The second-order valence-electron chi connectivity index (χ2n) is 9.25. The highest BCUT2D eigenvalue weighted by atomic mass is 79.9. The van der Waals surface area contributed by atoms with Crippen LogP contribution in [0, 0.1) is 10.1 Å². The van der Waals surface area contributed by atoms with E-state index in [1.54, 1.807) is 17.0 Å². The number of anilines is 1. The first-order valence-electron chi connectivity index (χ1n) is 12.0. The Labute approximate surface area is 215 Å². The molecule has 4 N–H and O–H groups in total. The van der Waals surface area contributed by atoms with Gasteiger partial charge in [0.2, 0.25) is 0 Å². The van der Waals surface area contributed by atoms with Crippen molar-refractivity contribution in [3.05, 3.63) is 39.0 Å². The van der Waals surface area contributed by atoms with E-state index in [9.17, 15) is 14.9 Å². The zero-order valence-corrected chi connectivity index (χ0v) is 22.7. The summed E-state index contributed by atoms with van der Waals surface area (Å²) in [4.78, 5) is 29.1. The lowest BCUT2D eigenvalue weighted by Gasteiger charge is -2.24. The number of aromatic nitrogens is 1. The molecular formula is C24H37BrN6O4. The minimum atomic E-state index is -0.561. The SMILES string of the molecule is CC.CC(C)(C)OC(=O)N1CCC(Nc2c([N+](=O)[O-])cnc3ccc(Br)cc23)C1.N[C@H]1CCNC1. The zero-order chi connectivity index (χ0) is 26.2. The van der Waals surface area contributed by atoms with Crippen LogP contribution in [0.3, 0.4) is 0 Å². The molecular weight excluding hydrogens is 516 g/mol. The minimum Gasteiger partial charge on any atom is -0.444 e. The number of carbonyl (C=O) groups excluding carboxylic acids is 1. The molecule has 2 atom stereocenters. The molecule has 2 saturated heterocycles. The molecule has 0 radical (unpaired) electrons. The van der Waals surface area contributed by atoms with Gasteiger partial charge in [-0.2, -0.15) is 0 Å². The summed E-state index contributed by atoms with van der Waals surface area (Å²) in [6.07, 6.45) is 2.72. The number of nitrogens with zero attached hydrogens (tertiary/aromatic N) is 3. The quantitative estimate of drug-likeness (QED) is 0.369. The molecule has 1 aromatic heterocycles. The van der Waals surface area contributed by atoms with Gasteiger partial charge in [-0.25, -0.2) is 9.78 Å². The number of pyridine rings is 1. The number of nitro groups is 1. The number of hydrogen-bond donors (Lipinski definition) is 3. The molecule has 2 fully saturated rings. The van der Waals surface area contributed by atoms with Crippen molar-refractivity contribution in [1.29, 1.82) is 0 Å². The fourth-order valence-corrected chi connectivity index (χ4v) is 4.06. The molecule has 0 saturated carbocycles. The van der Waals surface area contributed by atoms with Crippen molar-refractivity contribution in [2.75, 3.05) is 31.5 Å². The number of halogens is 1. The highest BCUT2D eigenvalue weighted by Crippen LogP contribution is 2.34. The summed E-state index contributed by atoms with van der Waals surface area (Å²) in [5.74, 6) is 0. The molecule has 2 aliphatic rings. The van der Waals surface area contributed by atoms with Crippen LogP contribution in [0.15, 0.2) is 28.9 Å². The lowest BCUT2D eigenvalue weighted by atomic mass is 10.1. The van der Waals surface area contributed by atoms with Crippen molar-refractivity contribution in [3.8, 4) is 0 Å². The average Bonchev–Trinajstić information content (AvgIpc) is 3.46. The van der Waals surface area contributed by atoms with Gasteiger partial charge >= 0.3 is 11.8 Å². The maximum atomic E-state index is 12.2. The van der Waals surface area contributed by atoms with Crippen molar-refractivity contribution >= 4 is 44.3 Å². The van der Waals surface area contributed by atoms with Crippen molar-refractivity contribution in [2.24, 2.45) is 5.73 Å². The Bertz CT molecular complexity index is 1010. The Morgan fingerprint density at radius 2 is 2.06 bits per heavy atom. The second kappa shape index (κ2) is 13.0. The molecule has 194 valence electrons. The maximum absolute atomic E-state index is 12.2. The summed E-state index contributed by atoms with van der Waals surface area (Å²) in [5.41, 5.74) is 5.90. The van der Waals surface area contributed by atoms with E-state index < -0.39 is 10.5 Å². The normalized spacial score (nSPS) is 19.3. The maximum Gasteiger partial charge on any atom is 0.410 e. The summed E-state index contributed by atoms with van der Waals surface area (Å²) in [5, 5.41) is 18.5. The van der Waals surface area contributed by atoms with Gasteiger partial charge < -0.3 is 26.0 Å². The Balaban J connectivity index is 0.000000463. The monoisotopic (exact) mass is 552 g/mol. The third-order valence-corrected chi connectivity index (χ3v) is 5.79. The number of ether oxygens (including phenoxy) is 1. The van der Waals surface area contributed by atoms with Crippen molar-refractivity contribution < 1.29 is 14.5 Å². The van der Waals surface area contributed by atoms with E-state index in [0.29, 0.717) is 42.1 Å². The van der Waals surface area contributed by atoms with Gasteiger partial charge in [0.15, 0.2) is 0 Å². The third-order valence-electron chi connectivity index (χ3n) is 5.29. The van der Waals surface area contributed by atoms with E-state index >= 15 is 0 Å². The van der Waals surface area contributed by atoms with Crippen LogP contribution in [0.1, 0.15) is 47.5 Å². The van der Waals surface area contributed by atoms with Crippen LogP contribution in [0.2, 0.25) is 0 Å². The van der Waals surface area contributed by atoms with E-state index in [2.05, 4.69) is 31.5 Å². The largest absolute Gasteiger partial charge is 0.444 e. The number of fused-ring (bicyclic) bond motifs is 1. The number of amides is 1. The molecule has 2 aromatic rings. The molecule has 4 rings (SSSR count). The molecule has 35 heavy (non-hydrogen) atoms. The van der Waals surface area contributed by atoms with Gasteiger partial charge in [-0.15, -0.1) is 0 Å². The van der Waals surface area contributed by atoms with Gasteiger partial charge in [0.25, 0.3) is 0 Å². The topological polar surface area (TPSA) is 136 Å². The van der Waals surface area contributed by atoms with Crippen LogP contribution in [-0.2, 0) is 4.74 Å². The van der Waals surface area contributed by atoms with Gasteiger partial charge in [0, 0.05) is 41.6 Å². The number of likely N-dealkylation sites (tertiary alicyclic amines) is 1.